The Morgan fingerprint density at radius 1 is 0.847 bits per heavy atom. The summed E-state index contributed by atoms with van der Waals surface area (Å²) in [4.78, 5) is 41.6. The first-order valence-corrected chi connectivity index (χ1v) is 26.6. The molecule has 0 bridgehead atoms. The first-order valence-electron chi connectivity index (χ1n) is 24.9. The van der Waals surface area contributed by atoms with E-state index in [-0.39, 0.29) is 24.2 Å². The minimum Gasteiger partial charge on any atom is -0.494 e. The molecule has 2 amide bonds. The molecule has 2 heterocycles. The molecule has 1 saturated heterocycles. The number of anilines is 1. The summed E-state index contributed by atoms with van der Waals surface area (Å²) in [7, 11) is 3.97. The summed E-state index contributed by atoms with van der Waals surface area (Å²) in [6.45, 7) is 8.40. The number of nitrogens with two attached hydrogens (primary N) is 1. The molecule has 0 spiro atoms. The van der Waals surface area contributed by atoms with Gasteiger partial charge >= 0.3 is 0 Å². The van der Waals surface area contributed by atoms with Gasteiger partial charge in [-0.15, -0.1) is 11.8 Å². The molecule has 16 nitrogen and oxygen atoms in total. The standard InChI is InChI=1S/C54H75ClN8O8S/c1-57-46-15-19-49(20-16-46)71-38-37-68-33-26-58-40-47(61-56)24-32-67-35-36-69-34-28-62(2)27-4-5-29-70-48-17-10-42(11-18-48)12-21-51(64)63(41-44-22-30-66-31-23-44)52(50-7-6-25-59-54(50)72-3)53(65)60-39-43-8-13-45(55)14-9-43/h6-11,13-20,25,40,44,52,57H,4-5,12,21-24,26-39,41,56H2,1-3H3,(H,60,65)/b58-40?,61-47-. The topological polar surface area (TPSA) is 184 Å². The van der Waals surface area contributed by atoms with Crippen molar-refractivity contribution in [3.63, 3.8) is 0 Å². The SMILES string of the molecule is CNc1ccc(OCCOCCN=C/C(CCOCCOCCN(C)CCCCOc2ccc(CCC(=O)N(CC3CCOCC3)C(C(=O)NCc3ccc(Cl)cc3)c3cccnc3SC)cc2)=N\N)cc1. The highest BCUT2D eigenvalue weighted by Crippen LogP contribution is 2.32. The van der Waals surface area contributed by atoms with Crippen molar-refractivity contribution in [2.24, 2.45) is 21.9 Å². The molecule has 1 fully saturated rings. The fourth-order valence-corrected chi connectivity index (χ4v) is 8.53. The van der Waals surface area contributed by atoms with Crippen LogP contribution in [0, 0.1) is 5.92 Å². The van der Waals surface area contributed by atoms with Crippen molar-refractivity contribution in [1.29, 1.82) is 0 Å². The Bertz CT molecular complexity index is 2200. The average Bonchev–Trinajstić information content (AvgIpc) is 3.41. The molecule has 1 aromatic heterocycles. The molecule has 72 heavy (non-hydrogen) atoms. The molecular formula is C54H75ClN8O8S. The van der Waals surface area contributed by atoms with Crippen molar-refractivity contribution in [1.82, 2.24) is 20.1 Å². The molecule has 18 heteroatoms. The lowest BCUT2D eigenvalue weighted by Gasteiger charge is -2.36. The van der Waals surface area contributed by atoms with Gasteiger partial charge in [0.2, 0.25) is 11.8 Å². The smallest absolute Gasteiger partial charge is 0.247 e. The number of hydrazone groups is 1. The maximum Gasteiger partial charge on any atom is 0.247 e. The van der Waals surface area contributed by atoms with Gasteiger partial charge in [-0.3, -0.25) is 14.6 Å². The number of halogens is 1. The van der Waals surface area contributed by atoms with E-state index in [1.165, 1.54) is 11.8 Å². The lowest BCUT2D eigenvalue weighted by molar-refractivity contribution is -0.142. The highest BCUT2D eigenvalue weighted by atomic mass is 35.5. The van der Waals surface area contributed by atoms with E-state index in [2.05, 4.69) is 37.7 Å². The van der Waals surface area contributed by atoms with Gasteiger partial charge in [-0.05, 0) is 124 Å². The molecule has 1 aliphatic rings. The number of nitrogens with zero attached hydrogens (tertiary/aromatic N) is 5. The van der Waals surface area contributed by atoms with Crippen LogP contribution in [-0.4, -0.2) is 151 Å². The van der Waals surface area contributed by atoms with E-state index in [1.54, 1.807) is 29.4 Å². The zero-order chi connectivity index (χ0) is 51.0. The number of thioether (sulfide) groups is 1. The summed E-state index contributed by atoms with van der Waals surface area (Å²) in [5.74, 6) is 7.02. The van der Waals surface area contributed by atoms with Crippen LogP contribution in [0.4, 0.5) is 5.69 Å². The number of aromatic nitrogens is 1. The van der Waals surface area contributed by atoms with Gasteiger partial charge in [0, 0.05) is 81.4 Å². The Hall–Kier alpha value is -5.27. The summed E-state index contributed by atoms with van der Waals surface area (Å²) >= 11 is 7.58. The molecule has 4 aromatic rings. The number of rotatable bonds is 35. The number of carbonyl (C=O) groups is 2. The highest BCUT2D eigenvalue weighted by Gasteiger charge is 2.35. The van der Waals surface area contributed by atoms with E-state index >= 15 is 0 Å². The van der Waals surface area contributed by atoms with Crippen molar-refractivity contribution < 1.29 is 38.0 Å². The lowest BCUT2D eigenvalue weighted by Crippen LogP contribution is -2.46. The molecule has 0 radical (unpaired) electrons. The van der Waals surface area contributed by atoms with Crippen molar-refractivity contribution in [2.75, 3.05) is 118 Å². The monoisotopic (exact) mass is 1030 g/mol. The van der Waals surface area contributed by atoms with Crippen LogP contribution in [0.25, 0.3) is 0 Å². The normalized spacial score (nSPS) is 13.6. The molecule has 0 saturated carbocycles. The van der Waals surface area contributed by atoms with Crippen LogP contribution in [-0.2, 0) is 41.5 Å². The maximum absolute atomic E-state index is 14.4. The number of nitrogens with one attached hydrogen (secondary N) is 2. The summed E-state index contributed by atoms with van der Waals surface area (Å²) in [6, 6.07) is 26.0. The van der Waals surface area contributed by atoms with Crippen LogP contribution >= 0.6 is 23.4 Å². The molecule has 1 aliphatic heterocycles. The van der Waals surface area contributed by atoms with Crippen LogP contribution in [0.1, 0.15) is 61.3 Å². The van der Waals surface area contributed by atoms with E-state index in [9.17, 15) is 9.59 Å². The first-order chi connectivity index (χ1) is 35.3. The van der Waals surface area contributed by atoms with Gasteiger partial charge in [-0.2, -0.15) is 5.10 Å². The average molecular weight is 1030 g/mol. The van der Waals surface area contributed by atoms with Crippen LogP contribution in [0.5, 0.6) is 11.5 Å². The number of aliphatic imine (C=N–C) groups is 1. The number of likely N-dealkylation sites (N-methyl/N-ethyl adjacent to an activating group) is 1. The third-order valence-corrected chi connectivity index (χ3v) is 13.0. The van der Waals surface area contributed by atoms with Crippen molar-refractivity contribution >= 4 is 52.8 Å². The zero-order valence-corrected chi connectivity index (χ0v) is 43.9. The molecule has 3 aromatic carbocycles. The second-order valence-corrected chi connectivity index (χ2v) is 18.6. The van der Waals surface area contributed by atoms with Gasteiger partial charge in [0.25, 0.3) is 0 Å². The molecule has 1 unspecified atom stereocenters. The number of carbonyl (C=O) groups excluding carboxylic acids is 2. The van der Waals surface area contributed by atoms with E-state index in [0.717, 1.165) is 67.1 Å². The Morgan fingerprint density at radius 3 is 2.25 bits per heavy atom. The van der Waals surface area contributed by atoms with Crippen molar-refractivity contribution in [3.8, 4) is 11.5 Å². The minimum atomic E-state index is -0.850. The van der Waals surface area contributed by atoms with E-state index in [4.69, 9.17) is 45.9 Å². The number of aryl methyl sites for hydroxylation is 1. The fraction of sp³-hybridized carbons (Fsp3) is 0.500. The second kappa shape index (κ2) is 34.2. The third kappa shape index (κ3) is 21.8. The first kappa shape index (κ1) is 57.6. The Morgan fingerprint density at radius 2 is 1.53 bits per heavy atom. The van der Waals surface area contributed by atoms with E-state index in [0.29, 0.717) is 120 Å². The van der Waals surface area contributed by atoms with Crippen molar-refractivity contribution in [2.45, 2.75) is 62.6 Å². The van der Waals surface area contributed by atoms with Gasteiger partial charge in [0.05, 0.1) is 58.5 Å². The van der Waals surface area contributed by atoms with Gasteiger partial charge in [-0.25, -0.2) is 4.98 Å². The van der Waals surface area contributed by atoms with Gasteiger partial charge in [0.1, 0.15) is 29.2 Å². The molecule has 1 atom stereocenters. The Balaban J connectivity index is 0.934. The predicted molar refractivity (Wildman–Crippen MR) is 288 cm³/mol. The van der Waals surface area contributed by atoms with E-state index in [1.807, 2.05) is 86.1 Å². The number of unbranched alkanes of at least 4 members (excludes halogenated alkanes) is 1. The minimum absolute atomic E-state index is 0.0824. The number of ether oxygens (including phenoxy) is 6. The van der Waals surface area contributed by atoms with Crippen molar-refractivity contribution in [3.05, 3.63) is 113 Å². The third-order valence-electron chi connectivity index (χ3n) is 12.0. The second-order valence-electron chi connectivity index (χ2n) is 17.3. The summed E-state index contributed by atoms with van der Waals surface area (Å²) in [6.07, 6.45) is 10.2. The number of hydrogen-bond donors (Lipinski definition) is 3. The molecule has 5 rings (SSSR count). The highest BCUT2D eigenvalue weighted by molar-refractivity contribution is 7.98. The molecular weight excluding hydrogens is 956 g/mol. The van der Waals surface area contributed by atoms with Gasteiger partial charge in [0.15, 0.2) is 0 Å². The summed E-state index contributed by atoms with van der Waals surface area (Å²) in [5.41, 5.74) is 4.34. The number of hydrogen-bond acceptors (Lipinski definition) is 15. The lowest BCUT2D eigenvalue weighted by atomic mass is 9.96. The summed E-state index contributed by atoms with van der Waals surface area (Å²) in [5, 5.41) is 11.3. The van der Waals surface area contributed by atoms with Crippen LogP contribution < -0.4 is 25.9 Å². The summed E-state index contributed by atoms with van der Waals surface area (Å²) < 4.78 is 34.5. The van der Waals surface area contributed by atoms with Crippen LogP contribution in [0.2, 0.25) is 5.02 Å². The van der Waals surface area contributed by atoms with Crippen LogP contribution in [0.3, 0.4) is 0 Å². The van der Waals surface area contributed by atoms with E-state index < -0.39 is 6.04 Å². The molecule has 392 valence electrons. The molecule has 0 aliphatic carbocycles. The van der Waals surface area contributed by atoms with Gasteiger partial charge < -0.3 is 54.7 Å². The van der Waals surface area contributed by atoms with Crippen LogP contribution in [0.15, 0.2) is 106 Å². The molecule has 4 N–H and O–H groups in total. The quantitative estimate of drug-likeness (QED) is 0.0134. The van der Waals surface area contributed by atoms with Gasteiger partial charge in [-0.1, -0.05) is 41.9 Å². The largest absolute Gasteiger partial charge is 0.494 e. The zero-order valence-electron chi connectivity index (χ0n) is 42.3. The number of benzene rings is 3. The fourth-order valence-electron chi connectivity index (χ4n) is 7.82. The maximum atomic E-state index is 14.4. The number of amides is 2. The number of pyridine rings is 1. The Labute approximate surface area is 435 Å². The predicted octanol–water partition coefficient (Wildman–Crippen LogP) is 7.74. The Kier molecular flexibility index (Phi) is 27.4.